The Morgan fingerprint density at radius 3 is 2.38 bits per heavy atom. The third-order valence-corrected chi connectivity index (χ3v) is 4.24. The Kier molecular flexibility index (Phi) is 6.23. The van der Waals surface area contributed by atoms with Crippen LogP contribution in [0.4, 0.5) is 5.69 Å². The summed E-state index contributed by atoms with van der Waals surface area (Å²) in [5.41, 5.74) is 2.81. The van der Waals surface area contributed by atoms with Crippen molar-refractivity contribution in [3.8, 4) is 0 Å². The molecule has 0 bridgehead atoms. The van der Waals surface area contributed by atoms with Gasteiger partial charge in [0.05, 0.1) is 0 Å². The Balaban J connectivity index is 2.01. The molecule has 0 radical (unpaired) electrons. The maximum absolute atomic E-state index is 12.3. The first kappa shape index (κ1) is 18.3. The van der Waals surface area contributed by atoms with Gasteiger partial charge in [-0.25, -0.2) is 0 Å². The maximum atomic E-state index is 12.3. The van der Waals surface area contributed by atoms with Gasteiger partial charge in [0.25, 0.3) is 5.91 Å². The largest absolute Gasteiger partial charge is 0.352 e. The first-order valence-corrected chi connectivity index (χ1v) is 8.23. The lowest BCUT2D eigenvalue weighted by Gasteiger charge is -2.11. The van der Waals surface area contributed by atoms with E-state index in [9.17, 15) is 9.59 Å². The molecule has 0 aliphatic rings. The lowest BCUT2D eigenvalue weighted by molar-refractivity contribution is -0.114. The zero-order chi connectivity index (χ0) is 17.7. The predicted octanol–water partition coefficient (Wildman–Crippen LogP) is 4.23. The van der Waals surface area contributed by atoms with Gasteiger partial charge in [-0.15, -0.1) is 0 Å². The highest BCUT2D eigenvalue weighted by Crippen LogP contribution is 2.24. The zero-order valence-corrected chi connectivity index (χ0v) is 15.0. The molecule has 6 heteroatoms. The van der Waals surface area contributed by atoms with Gasteiger partial charge in [-0.2, -0.15) is 0 Å². The lowest BCUT2D eigenvalue weighted by Crippen LogP contribution is -2.26. The molecule has 0 spiro atoms. The van der Waals surface area contributed by atoms with Crippen molar-refractivity contribution >= 4 is 40.7 Å². The molecule has 2 rings (SSSR count). The molecule has 0 unspecified atom stereocenters. The highest BCUT2D eigenvalue weighted by molar-refractivity contribution is 6.36. The topological polar surface area (TPSA) is 58.2 Å². The molecule has 2 aromatic rings. The molecule has 24 heavy (non-hydrogen) atoms. The molecule has 2 amide bonds. The van der Waals surface area contributed by atoms with E-state index in [1.807, 2.05) is 6.92 Å². The number of benzene rings is 2. The number of carbonyl (C=O) groups is 2. The number of carbonyl (C=O) groups excluding carboxylic acids is 2. The standard InChI is InChI=1S/C18H18Cl2N2O2/c1-11-6-7-13(10-17(11)22-12(2)23)18(24)21-9-8-14-15(19)4-3-5-16(14)20/h3-7,10H,8-9H2,1-2H3,(H,21,24)(H,22,23). The summed E-state index contributed by atoms with van der Waals surface area (Å²) in [5.74, 6) is -0.395. The molecule has 0 heterocycles. The molecule has 2 N–H and O–H groups in total. The van der Waals surface area contributed by atoms with Crippen LogP contribution in [0, 0.1) is 6.92 Å². The highest BCUT2D eigenvalue weighted by Gasteiger charge is 2.10. The fraction of sp³-hybridized carbons (Fsp3) is 0.222. The van der Waals surface area contributed by atoms with Gasteiger partial charge in [0.2, 0.25) is 5.91 Å². The van der Waals surface area contributed by atoms with E-state index in [0.29, 0.717) is 34.3 Å². The Hall–Kier alpha value is -2.04. The molecule has 0 atom stereocenters. The Morgan fingerprint density at radius 2 is 1.75 bits per heavy atom. The molecule has 0 fully saturated rings. The zero-order valence-electron chi connectivity index (χ0n) is 13.5. The molecule has 0 saturated heterocycles. The predicted molar refractivity (Wildman–Crippen MR) is 98.0 cm³/mol. The van der Waals surface area contributed by atoms with E-state index in [0.717, 1.165) is 11.1 Å². The smallest absolute Gasteiger partial charge is 0.251 e. The van der Waals surface area contributed by atoms with Gasteiger partial charge < -0.3 is 10.6 Å². The van der Waals surface area contributed by atoms with Gasteiger partial charge >= 0.3 is 0 Å². The normalized spacial score (nSPS) is 10.3. The summed E-state index contributed by atoms with van der Waals surface area (Å²) in [6.45, 7) is 3.71. The van der Waals surface area contributed by atoms with Gasteiger partial charge in [-0.05, 0) is 48.7 Å². The van der Waals surface area contributed by atoms with Crippen molar-refractivity contribution in [1.82, 2.24) is 5.32 Å². The van der Waals surface area contributed by atoms with Gasteiger partial charge in [-0.3, -0.25) is 9.59 Å². The summed E-state index contributed by atoms with van der Waals surface area (Å²) in [6.07, 6.45) is 0.536. The molecule has 0 saturated carbocycles. The molecule has 0 aliphatic carbocycles. The second-order valence-corrected chi connectivity index (χ2v) is 6.23. The van der Waals surface area contributed by atoms with E-state index < -0.39 is 0 Å². The fourth-order valence-electron chi connectivity index (χ4n) is 2.26. The first-order valence-electron chi connectivity index (χ1n) is 7.48. The second kappa shape index (κ2) is 8.18. The van der Waals surface area contributed by atoms with E-state index in [-0.39, 0.29) is 11.8 Å². The first-order chi connectivity index (χ1) is 11.4. The van der Waals surface area contributed by atoms with Crippen molar-refractivity contribution in [1.29, 1.82) is 0 Å². The van der Waals surface area contributed by atoms with Crippen LogP contribution in [0.3, 0.4) is 0 Å². The van der Waals surface area contributed by atoms with Crippen LogP contribution in [-0.2, 0) is 11.2 Å². The lowest BCUT2D eigenvalue weighted by atomic mass is 10.1. The Bertz CT molecular complexity index is 755. The van der Waals surface area contributed by atoms with Gasteiger partial charge in [0, 0.05) is 34.8 Å². The fourth-order valence-corrected chi connectivity index (χ4v) is 2.85. The molecular weight excluding hydrogens is 347 g/mol. The van der Waals surface area contributed by atoms with Crippen LogP contribution >= 0.6 is 23.2 Å². The maximum Gasteiger partial charge on any atom is 0.251 e. The average Bonchev–Trinajstić information content (AvgIpc) is 2.51. The second-order valence-electron chi connectivity index (χ2n) is 5.42. The SMILES string of the molecule is CC(=O)Nc1cc(C(=O)NCCc2c(Cl)cccc2Cl)ccc1C. The Labute approximate surface area is 151 Å². The van der Waals surface area contributed by atoms with Crippen LogP contribution in [0.2, 0.25) is 10.0 Å². The van der Waals surface area contributed by atoms with Crippen LogP contribution in [0.5, 0.6) is 0 Å². The highest BCUT2D eigenvalue weighted by atomic mass is 35.5. The number of nitrogens with one attached hydrogen (secondary N) is 2. The third-order valence-electron chi connectivity index (χ3n) is 3.53. The minimum Gasteiger partial charge on any atom is -0.352 e. The summed E-state index contributed by atoms with van der Waals surface area (Å²) in [7, 11) is 0. The van der Waals surface area contributed by atoms with Crippen LogP contribution in [0.1, 0.15) is 28.4 Å². The van der Waals surface area contributed by atoms with Crippen molar-refractivity contribution in [3.05, 3.63) is 63.1 Å². The third kappa shape index (κ3) is 4.73. The van der Waals surface area contributed by atoms with Crippen molar-refractivity contribution in [2.24, 2.45) is 0 Å². The van der Waals surface area contributed by atoms with E-state index >= 15 is 0 Å². The summed E-state index contributed by atoms with van der Waals surface area (Å²) in [4.78, 5) is 23.5. The van der Waals surface area contributed by atoms with Crippen molar-refractivity contribution in [2.45, 2.75) is 20.3 Å². The monoisotopic (exact) mass is 364 g/mol. The average molecular weight is 365 g/mol. The van der Waals surface area contributed by atoms with Gasteiger partial charge in [0.1, 0.15) is 0 Å². The minimum atomic E-state index is -0.218. The minimum absolute atomic E-state index is 0.177. The van der Waals surface area contributed by atoms with Crippen molar-refractivity contribution < 1.29 is 9.59 Å². The number of aryl methyl sites for hydroxylation is 1. The molecule has 0 aromatic heterocycles. The van der Waals surface area contributed by atoms with Crippen LogP contribution in [0.25, 0.3) is 0 Å². The van der Waals surface area contributed by atoms with E-state index in [2.05, 4.69) is 10.6 Å². The molecule has 126 valence electrons. The quantitative estimate of drug-likeness (QED) is 0.833. The summed E-state index contributed by atoms with van der Waals surface area (Å²) in [5, 5.41) is 6.71. The van der Waals surface area contributed by atoms with Crippen LogP contribution in [0.15, 0.2) is 36.4 Å². The number of amides is 2. The van der Waals surface area contributed by atoms with Gasteiger partial charge in [-0.1, -0.05) is 35.3 Å². The summed E-state index contributed by atoms with van der Waals surface area (Å²) >= 11 is 12.2. The van der Waals surface area contributed by atoms with Crippen molar-refractivity contribution in [3.63, 3.8) is 0 Å². The van der Waals surface area contributed by atoms with Crippen LogP contribution < -0.4 is 10.6 Å². The summed E-state index contributed by atoms with van der Waals surface area (Å²) in [6, 6.07) is 10.5. The number of anilines is 1. The van der Waals surface area contributed by atoms with E-state index in [1.54, 1.807) is 36.4 Å². The molecule has 2 aromatic carbocycles. The van der Waals surface area contributed by atoms with E-state index in [4.69, 9.17) is 23.2 Å². The number of hydrogen-bond donors (Lipinski definition) is 2. The summed E-state index contributed by atoms with van der Waals surface area (Å²) < 4.78 is 0. The number of hydrogen-bond acceptors (Lipinski definition) is 2. The number of rotatable bonds is 5. The number of halogens is 2. The molecular formula is C18H18Cl2N2O2. The molecule has 4 nitrogen and oxygen atoms in total. The molecule has 0 aliphatic heterocycles. The Morgan fingerprint density at radius 1 is 1.08 bits per heavy atom. The van der Waals surface area contributed by atoms with Gasteiger partial charge in [0.15, 0.2) is 0 Å². The van der Waals surface area contributed by atoms with E-state index in [1.165, 1.54) is 6.92 Å². The van der Waals surface area contributed by atoms with Crippen LogP contribution in [-0.4, -0.2) is 18.4 Å². The van der Waals surface area contributed by atoms with Crippen molar-refractivity contribution in [2.75, 3.05) is 11.9 Å².